The van der Waals surface area contributed by atoms with Crippen molar-refractivity contribution in [1.82, 2.24) is 15.8 Å². The van der Waals surface area contributed by atoms with Crippen LogP contribution in [-0.2, 0) is 9.27 Å². The molecule has 3 N–H and O–H groups in total. The van der Waals surface area contributed by atoms with Gasteiger partial charge in [-0.2, -0.15) is 0 Å². The average Bonchev–Trinajstić information content (AvgIpc) is 2.79. The van der Waals surface area contributed by atoms with Gasteiger partial charge in [0, 0.05) is 34.8 Å². The van der Waals surface area contributed by atoms with Gasteiger partial charge in [-0.25, -0.2) is 10.3 Å². The van der Waals surface area contributed by atoms with Crippen LogP contribution in [0.15, 0.2) is 42.6 Å². The molecule has 3 aromatic rings. The molecule has 0 saturated heterocycles. The number of benzene rings is 2. The second-order valence-electron chi connectivity index (χ2n) is 6.27. The van der Waals surface area contributed by atoms with Crippen LogP contribution in [0.5, 0.6) is 17.2 Å². The number of pyridine rings is 1. The number of hydrogen-bond acceptors (Lipinski definition) is 6. The van der Waals surface area contributed by atoms with Gasteiger partial charge in [-0.15, -0.1) is 0 Å². The van der Waals surface area contributed by atoms with Gasteiger partial charge in [-0.05, 0) is 35.9 Å². The number of carbonyl (C=O) groups is 2. The highest BCUT2D eigenvalue weighted by atomic mass is 127. The van der Waals surface area contributed by atoms with Gasteiger partial charge in [-0.1, -0.05) is 22.6 Å². The van der Waals surface area contributed by atoms with Crippen molar-refractivity contribution in [1.29, 1.82) is 0 Å². The fraction of sp³-hybridized carbons (Fsp3) is 0.190. The maximum atomic E-state index is 12.4. The number of rotatable bonds is 7. The minimum Gasteiger partial charge on any atom is -0.496 e. The lowest BCUT2D eigenvalue weighted by molar-refractivity contribution is 0.0535. The molecule has 0 aliphatic carbocycles. The van der Waals surface area contributed by atoms with Crippen molar-refractivity contribution in [2.75, 3.05) is 26.6 Å². The Balaban J connectivity index is 2.00. The Morgan fingerprint density at radius 2 is 1.90 bits per heavy atom. The predicted octanol–water partition coefficient (Wildman–Crippen LogP) is 4.01. The standard InChI is InChI=1S/C21H21IN4O5/c1-23-21(28)25-16-5-4-13(8-12(16)11-22)31-18-6-7-24-17-10-19(29-2)15(9-14(17)18)20(27)26-30-3/h4-10H,11H2,1-3H3,(H,26,27)(H2,23,25,28). The lowest BCUT2D eigenvalue weighted by Crippen LogP contribution is -2.24. The topological polar surface area (TPSA) is 111 Å². The Morgan fingerprint density at radius 1 is 1.10 bits per heavy atom. The summed E-state index contributed by atoms with van der Waals surface area (Å²) in [4.78, 5) is 33.1. The smallest absolute Gasteiger partial charge is 0.318 e. The van der Waals surface area contributed by atoms with Crippen molar-refractivity contribution in [3.8, 4) is 17.2 Å². The largest absolute Gasteiger partial charge is 0.496 e. The van der Waals surface area contributed by atoms with Crippen LogP contribution in [0, 0.1) is 0 Å². The number of halogens is 1. The Bertz CT molecular complexity index is 1120. The molecule has 1 heterocycles. The van der Waals surface area contributed by atoms with Gasteiger partial charge in [0.05, 0.1) is 25.3 Å². The van der Waals surface area contributed by atoms with Crippen LogP contribution in [0.4, 0.5) is 10.5 Å². The molecule has 31 heavy (non-hydrogen) atoms. The summed E-state index contributed by atoms with van der Waals surface area (Å²) in [5.41, 5.74) is 4.79. The number of nitrogens with one attached hydrogen (secondary N) is 3. The predicted molar refractivity (Wildman–Crippen MR) is 125 cm³/mol. The maximum Gasteiger partial charge on any atom is 0.318 e. The van der Waals surface area contributed by atoms with Gasteiger partial charge in [0.1, 0.15) is 17.2 Å². The first-order valence-corrected chi connectivity index (χ1v) is 10.7. The fourth-order valence-electron chi connectivity index (χ4n) is 2.91. The number of fused-ring (bicyclic) bond motifs is 1. The summed E-state index contributed by atoms with van der Waals surface area (Å²) in [5, 5.41) is 5.95. The highest BCUT2D eigenvalue weighted by molar-refractivity contribution is 14.1. The molecule has 0 radical (unpaired) electrons. The lowest BCUT2D eigenvalue weighted by atomic mass is 10.1. The third kappa shape index (κ3) is 5.14. The normalized spacial score (nSPS) is 10.5. The monoisotopic (exact) mass is 536 g/mol. The summed E-state index contributed by atoms with van der Waals surface area (Å²) in [5.74, 6) is 1.02. The number of hydrogen-bond donors (Lipinski definition) is 3. The van der Waals surface area contributed by atoms with Gasteiger partial charge in [0.2, 0.25) is 0 Å². The Morgan fingerprint density at radius 3 is 2.58 bits per heavy atom. The molecule has 0 fully saturated rings. The second-order valence-corrected chi connectivity index (χ2v) is 7.04. The van der Waals surface area contributed by atoms with Crippen LogP contribution in [0.1, 0.15) is 15.9 Å². The van der Waals surface area contributed by atoms with Gasteiger partial charge >= 0.3 is 6.03 Å². The van der Waals surface area contributed by atoms with Crippen LogP contribution in [0.2, 0.25) is 0 Å². The van der Waals surface area contributed by atoms with Gasteiger partial charge in [0.15, 0.2) is 0 Å². The average molecular weight is 536 g/mol. The SMILES string of the molecule is CNC(=O)Nc1ccc(Oc2ccnc3cc(OC)c(C(=O)NOC)cc23)cc1CI. The summed E-state index contributed by atoms with van der Waals surface area (Å²) in [7, 11) is 4.39. The Kier molecular flexibility index (Phi) is 7.47. The first kappa shape index (κ1) is 22.6. The van der Waals surface area contributed by atoms with E-state index in [0.717, 1.165) is 5.56 Å². The van der Waals surface area contributed by atoms with Crippen molar-refractivity contribution in [3.05, 3.63) is 53.7 Å². The highest BCUT2D eigenvalue weighted by Gasteiger charge is 2.17. The zero-order valence-corrected chi connectivity index (χ0v) is 19.3. The van der Waals surface area contributed by atoms with E-state index in [-0.39, 0.29) is 11.6 Å². The Labute approximate surface area is 192 Å². The van der Waals surface area contributed by atoms with E-state index in [0.29, 0.717) is 38.3 Å². The number of urea groups is 1. The maximum absolute atomic E-state index is 12.4. The van der Waals surface area contributed by atoms with Crippen molar-refractivity contribution in [2.45, 2.75) is 4.43 Å². The number of nitrogens with zero attached hydrogens (tertiary/aromatic N) is 1. The fourth-order valence-corrected chi connectivity index (χ4v) is 3.54. The second kappa shape index (κ2) is 10.3. The third-order valence-electron chi connectivity index (χ3n) is 4.39. The molecule has 0 saturated carbocycles. The van der Waals surface area contributed by atoms with E-state index in [4.69, 9.17) is 14.3 Å². The first-order chi connectivity index (χ1) is 15.0. The van der Waals surface area contributed by atoms with Crippen LogP contribution >= 0.6 is 22.6 Å². The zero-order valence-electron chi connectivity index (χ0n) is 17.1. The van der Waals surface area contributed by atoms with Crippen molar-refractivity contribution < 1.29 is 23.9 Å². The van der Waals surface area contributed by atoms with E-state index in [9.17, 15) is 9.59 Å². The molecule has 2 aromatic carbocycles. The number of hydroxylamine groups is 1. The molecule has 0 atom stereocenters. The lowest BCUT2D eigenvalue weighted by Gasteiger charge is -2.14. The summed E-state index contributed by atoms with van der Waals surface area (Å²) in [6, 6.07) is 10.1. The highest BCUT2D eigenvalue weighted by Crippen LogP contribution is 2.34. The molecular weight excluding hydrogens is 515 g/mol. The van der Waals surface area contributed by atoms with Crippen molar-refractivity contribution in [3.63, 3.8) is 0 Å². The zero-order chi connectivity index (χ0) is 22.4. The molecule has 9 nitrogen and oxygen atoms in total. The molecular formula is C21H21IN4O5. The summed E-state index contributed by atoms with van der Waals surface area (Å²) in [6.45, 7) is 0. The number of aromatic nitrogens is 1. The van der Waals surface area contributed by atoms with Gasteiger partial charge in [-0.3, -0.25) is 14.6 Å². The van der Waals surface area contributed by atoms with Crippen LogP contribution < -0.4 is 25.6 Å². The molecule has 3 rings (SSSR count). The number of amides is 3. The number of methoxy groups -OCH3 is 1. The number of ether oxygens (including phenoxy) is 2. The van der Waals surface area contributed by atoms with Crippen LogP contribution in [-0.4, -0.2) is 38.2 Å². The van der Waals surface area contributed by atoms with E-state index in [2.05, 4.69) is 43.7 Å². The molecule has 3 amide bonds. The Hall–Kier alpha value is -3.12. The van der Waals surface area contributed by atoms with Crippen molar-refractivity contribution >= 4 is 51.1 Å². The summed E-state index contributed by atoms with van der Waals surface area (Å²) < 4.78 is 12.1. The third-order valence-corrected chi connectivity index (χ3v) is 5.21. The minimum atomic E-state index is -0.451. The number of alkyl halides is 1. The summed E-state index contributed by atoms with van der Waals surface area (Å²) >= 11 is 2.22. The molecule has 0 unspecified atom stereocenters. The van der Waals surface area contributed by atoms with Gasteiger partial charge < -0.3 is 20.1 Å². The molecule has 0 aliphatic heterocycles. The van der Waals surface area contributed by atoms with E-state index >= 15 is 0 Å². The molecule has 162 valence electrons. The van der Waals surface area contributed by atoms with Crippen LogP contribution in [0.25, 0.3) is 10.9 Å². The molecule has 0 aliphatic rings. The molecule has 1 aromatic heterocycles. The van der Waals surface area contributed by atoms with E-state index < -0.39 is 5.91 Å². The van der Waals surface area contributed by atoms with E-state index in [1.165, 1.54) is 14.2 Å². The quantitative estimate of drug-likeness (QED) is 0.239. The molecule has 0 spiro atoms. The molecule has 0 bridgehead atoms. The molecule has 10 heteroatoms. The number of anilines is 1. The van der Waals surface area contributed by atoms with Gasteiger partial charge in [0.25, 0.3) is 5.91 Å². The van der Waals surface area contributed by atoms with E-state index in [1.807, 2.05) is 6.07 Å². The minimum absolute atomic E-state index is 0.285. The van der Waals surface area contributed by atoms with E-state index in [1.54, 1.807) is 43.6 Å². The van der Waals surface area contributed by atoms with Crippen LogP contribution in [0.3, 0.4) is 0 Å². The number of carbonyl (C=O) groups excluding carboxylic acids is 2. The van der Waals surface area contributed by atoms with Crippen molar-refractivity contribution in [2.24, 2.45) is 0 Å². The summed E-state index contributed by atoms with van der Waals surface area (Å²) in [6.07, 6.45) is 1.62. The first-order valence-electron chi connectivity index (χ1n) is 9.16.